The van der Waals surface area contributed by atoms with Crippen LogP contribution in [0.5, 0.6) is 0 Å². The van der Waals surface area contributed by atoms with Crippen LogP contribution in [0.3, 0.4) is 0 Å². The summed E-state index contributed by atoms with van der Waals surface area (Å²) in [6.45, 7) is 14.0. The van der Waals surface area contributed by atoms with Crippen molar-refractivity contribution in [2.75, 3.05) is 6.54 Å². The molecule has 0 saturated carbocycles. The van der Waals surface area contributed by atoms with Crippen molar-refractivity contribution in [3.8, 4) is 11.3 Å². The molecule has 0 spiro atoms. The van der Waals surface area contributed by atoms with Crippen LogP contribution in [0.25, 0.3) is 11.3 Å². The standard InChI is InChI=1S/C25H33BN2O6/c1-23(2,3)31-22(30)19-9-8-14-28(19)21(29)20-15-18(27-32-20)16-10-12-17(13-11-16)26-33-24(4,5)25(6,7)34-26/h10-13,15,19H,8-9,14H2,1-7H3. The van der Waals surface area contributed by atoms with Gasteiger partial charge in [-0.15, -0.1) is 0 Å². The number of hydrogen-bond donors (Lipinski definition) is 0. The van der Waals surface area contributed by atoms with Gasteiger partial charge in [0.15, 0.2) is 0 Å². The van der Waals surface area contributed by atoms with E-state index in [1.165, 1.54) is 4.90 Å². The third-order valence-electron chi connectivity index (χ3n) is 6.65. The molecule has 1 aromatic heterocycles. The summed E-state index contributed by atoms with van der Waals surface area (Å²) < 4.78 is 23.1. The highest BCUT2D eigenvalue weighted by molar-refractivity contribution is 6.62. The van der Waals surface area contributed by atoms with Crippen molar-refractivity contribution in [1.82, 2.24) is 10.1 Å². The van der Waals surface area contributed by atoms with Crippen molar-refractivity contribution in [2.24, 2.45) is 0 Å². The second-order valence-corrected chi connectivity index (χ2v) is 11.0. The van der Waals surface area contributed by atoms with Crippen LogP contribution in [0, 0.1) is 0 Å². The number of aromatic nitrogens is 1. The Morgan fingerprint density at radius 3 is 2.29 bits per heavy atom. The van der Waals surface area contributed by atoms with E-state index in [1.807, 2.05) is 72.7 Å². The van der Waals surface area contributed by atoms with Gasteiger partial charge in [0.05, 0.1) is 11.2 Å². The summed E-state index contributed by atoms with van der Waals surface area (Å²) in [6.07, 6.45) is 1.30. The monoisotopic (exact) mass is 468 g/mol. The van der Waals surface area contributed by atoms with Gasteiger partial charge in [-0.05, 0) is 66.8 Å². The van der Waals surface area contributed by atoms with Crippen molar-refractivity contribution < 1.29 is 28.2 Å². The zero-order valence-electron chi connectivity index (χ0n) is 21.0. The first kappa shape index (κ1) is 24.5. The van der Waals surface area contributed by atoms with E-state index in [2.05, 4.69) is 5.16 Å². The average Bonchev–Trinajstić information content (AvgIpc) is 3.45. The highest BCUT2D eigenvalue weighted by atomic mass is 16.7. The average molecular weight is 468 g/mol. The molecule has 2 fully saturated rings. The molecule has 2 saturated heterocycles. The summed E-state index contributed by atoms with van der Waals surface area (Å²) in [5.41, 5.74) is 0.805. The highest BCUT2D eigenvalue weighted by Crippen LogP contribution is 2.36. The molecule has 34 heavy (non-hydrogen) atoms. The van der Waals surface area contributed by atoms with E-state index >= 15 is 0 Å². The molecule has 2 aromatic rings. The minimum Gasteiger partial charge on any atom is -0.458 e. The van der Waals surface area contributed by atoms with Crippen LogP contribution in [0.2, 0.25) is 0 Å². The lowest BCUT2D eigenvalue weighted by Crippen LogP contribution is -2.43. The van der Waals surface area contributed by atoms with E-state index in [0.717, 1.165) is 17.4 Å². The maximum atomic E-state index is 13.1. The number of esters is 1. The quantitative estimate of drug-likeness (QED) is 0.500. The van der Waals surface area contributed by atoms with Gasteiger partial charge in [0.1, 0.15) is 17.3 Å². The van der Waals surface area contributed by atoms with E-state index < -0.39 is 35.9 Å². The number of carbonyl (C=O) groups excluding carboxylic acids is 2. The first-order valence-corrected chi connectivity index (χ1v) is 11.7. The molecule has 1 atom stereocenters. The third kappa shape index (κ3) is 4.77. The van der Waals surface area contributed by atoms with E-state index in [1.54, 1.807) is 6.07 Å². The molecule has 0 radical (unpaired) electrons. The Bertz CT molecular complexity index is 1050. The Morgan fingerprint density at radius 1 is 1.09 bits per heavy atom. The molecule has 1 aromatic carbocycles. The topological polar surface area (TPSA) is 91.1 Å². The number of likely N-dealkylation sites (tertiary alicyclic amines) is 1. The van der Waals surface area contributed by atoms with Crippen LogP contribution in [0.4, 0.5) is 0 Å². The summed E-state index contributed by atoms with van der Waals surface area (Å²) in [7, 11) is -0.451. The maximum absolute atomic E-state index is 13.1. The van der Waals surface area contributed by atoms with E-state index in [4.69, 9.17) is 18.6 Å². The molecular weight excluding hydrogens is 435 g/mol. The van der Waals surface area contributed by atoms with Gasteiger partial charge < -0.3 is 23.5 Å². The summed E-state index contributed by atoms with van der Waals surface area (Å²) in [4.78, 5) is 27.2. The van der Waals surface area contributed by atoms with Gasteiger partial charge in [-0.1, -0.05) is 29.4 Å². The van der Waals surface area contributed by atoms with Crippen molar-refractivity contribution in [3.63, 3.8) is 0 Å². The van der Waals surface area contributed by atoms with E-state index in [9.17, 15) is 9.59 Å². The smallest absolute Gasteiger partial charge is 0.458 e. The van der Waals surface area contributed by atoms with Crippen molar-refractivity contribution in [3.05, 3.63) is 36.1 Å². The zero-order valence-corrected chi connectivity index (χ0v) is 21.0. The van der Waals surface area contributed by atoms with Crippen molar-refractivity contribution >= 4 is 24.5 Å². The van der Waals surface area contributed by atoms with Gasteiger partial charge in [0.25, 0.3) is 5.91 Å². The summed E-state index contributed by atoms with van der Waals surface area (Å²) >= 11 is 0. The molecule has 2 aliphatic rings. The number of nitrogens with zero attached hydrogens (tertiary/aromatic N) is 2. The summed E-state index contributed by atoms with van der Waals surface area (Å²) in [5.74, 6) is -0.655. The number of rotatable bonds is 4. The predicted molar refractivity (Wildman–Crippen MR) is 128 cm³/mol. The fourth-order valence-corrected chi connectivity index (χ4v) is 4.07. The minimum absolute atomic E-state index is 0.0977. The first-order valence-electron chi connectivity index (χ1n) is 11.7. The Kier molecular flexibility index (Phi) is 6.15. The van der Waals surface area contributed by atoms with Crippen LogP contribution in [-0.2, 0) is 18.8 Å². The predicted octanol–water partition coefficient (Wildman–Crippen LogP) is 3.59. The lowest BCUT2D eigenvalue weighted by atomic mass is 9.79. The molecule has 1 unspecified atom stereocenters. The van der Waals surface area contributed by atoms with Crippen molar-refractivity contribution in [2.45, 2.75) is 84.2 Å². The summed E-state index contributed by atoms with van der Waals surface area (Å²) in [5, 5.41) is 4.08. The molecule has 4 rings (SSSR count). The molecule has 1 amide bonds. The van der Waals surface area contributed by atoms with Gasteiger partial charge in [-0.3, -0.25) is 4.79 Å². The second kappa shape index (κ2) is 8.54. The van der Waals surface area contributed by atoms with Crippen LogP contribution in [-0.4, -0.2) is 58.4 Å². The summed E-state index contributed by atoms with van der Waals surface area (Å²) in [6, 6.07) is 8.63. The lowest BCUT2D eigenvalue weighted by Gasteiger charge is -2.32. The molecular formula is C25H33BN2O6. The Labute approximate surface area is 201 Å². The molecule has 0 N–H and O–H groups in total. The molecule has 9 heteroatoms. The van der Waals surface area contributed by atoms with Crippen LogP contribution < -0.4 is 5.46 Å². The van der Waals surface area contributed by atoms with Crippen LogP contribution >= 0.6 is 0 Å². The molecule has 8 nitrogen and oxygen atoms in total. The van der Waals surface area contributed by atoms with E-state index in [0.29, 0.717) is 18.7 Å². The van der Waals surface area contributed by atoms with Crippen LogP contribution in [0.15, 0.2) is 34.9 Å². The Balaban J connectivity index is 1.46. The first-order chi connectivity index (χ1) is 15.8. The fourth-order valence-electron chi connectivity index (χ4n) is 4.07. The van der Waals surface area contributed by atoms with Crippen LogP contribution in [0.1, 0.15) is 71.9 Å². The second-order valence-electron chi connectivity index (χ2n) is 11.0. The minimum atomic E-state index is -0.612. The van der Waals surface area contributed by atoms with Gasteiger partial charge in [-0.2, -0.15) is 0 Å². The SMILES string of the molecule is CC(C)(C)OC(=O)C1CCCN1C(=O)c1cc(-c2ccc(B3OC(C)(C)C(C)(C)O3)cc2)no1. The number of amides is 1. The zero-order chi connectivity index (χ0) is 24.9. The fraction of sp³-hybridized carbons (Fsp3) is 0.560. The highest BCUT2D eigenvalue weighted by Gasteiger charge is 2.51. The van der Waals surface area contributed by atoms with Gasteiger partial charge in [-0.25, -0.2) is 4.79 Å². The van der Waals surface area contributed by atoms with E-state index in [-0.39, 0.29) is 11.7 Å². The molecule has 182 valence electrons. The molecule has 0 aliphatic carbocycles. The lowest BCUT2D eigenvalue weighted by molar-refractivity contribution is -0.159. The normalized spacial score (nSPS) is 21.7. The Hall–Kier alpha value is -2.65. The van der Waals surface area contributed by atoms with Gasteiger partial charge in [0, 0.05) is 18.2 Å². The maximum Gasteiger partial charge on any atom is 0.494 e. The molecule has 3 heterocycles. The van der Waals surface area contributed by atoms with Gasteiger partial charge >= 0.3 is 13.1 Å². The largest absolute Gasteiger partial charge is 0.494 e. The number of ether oxygens (including phenoxy) is 1. The van der Waals surface area contributed by atoms with Crippen molar-refractivity contribution in [1.29, 1.82) is 0 Å². The number of carbonyl (C=O) groups is 2. The molecule has 2 aliphatic heterocycles. The number of hydrogen-bond acceptors (Lipinski definition) is 7. The molecule has 0 bridgehead atoms. The Morgan fingerprint density at radius 2 is 1.71 bits per heavy atom. The third-order valence-corrected chi connectivity index (χ3v) is 6.65. The van der Waals surface area contributed by atoms with Gasteiger partial charge in [0.2, 0.25) is 5.76 Å². The number of benzene rings is 1.